The van der Waals surface area contributed by atoms with Gasteiger partial charge in [-0.1, -0.05) is 0 Å². The van der Waals surface area contributed by atoms with Gasteiger partial charge < -0.3 is 4.74 Å². The minimum Gasteiger partial charge on any atom is -0.373 e. The molecule has 152 valence electrons. The Morgan fingerprint density at radius 3 is 2.48 bits per heavy atom. The van der Waals surface area contributed by atoms with Crippen LogP contribution in [0, 0.1) is 5.82 Å². The first kappa shape index (κ1) is 20.7. The van der Waals surface area contributed by atoms with E-state index in [0.29, 0.717) is 12.5 Å². The fraction of sp³-hybridized carbons (Fsp3) is 0.700. The van der Waals surface area contributed by atoms with Crippen molar-refractivity contribution in [1.29, 1.82) is 0 Å². The van der Waals surface area contributed by atoms with Gasteiger partial charge in [-0.25, -0.2) is 12.8 Å². The number of morpholine rings is 1. The average Bonchev–Trinajstić information content (AvgIpc) is 3.01. The molecule has 5 nitrogen and oxygen atoms in total. The lowest BCUT2D eigenvalue weighted by Gasteiger charge is -2.38. The van der Waals surface area contributed by atoms with E-state index in [2.05, 4.69) is 23.6 Å². The molecule has 2 aliphatic rings. The fourth-order valence-corrected chi connectivity index (χ4v) is 5.64. The summed E-state index contributed by atoms with van der Waals surface area (Å²) >= 11 is 0. The van der Waals surface area contributed by atoms with Gasteiger partial charge in [-0.2, -0.15) is 0 Å². The molecule has 0 aromatic heterocycles. The fourth-order valence-electron chi connectivity index (χ4n) is 4.35. The second kappa shape index (κ2) is 8.99. The molecule has 1 aromatic carbocycles. The van der Waals surface area contributed by atoms with Crippen LogP contribution in [0.15, 0.2) is 29.2 Å². The van der Waals surface area contributed by atoms with Gasteiger partial charge in [0.1, 0.15) is 5.82 Å². The molecule has 3 atom stereocenters. The Balaban J connectivity index is 1.49. The molecular formula is C20H31FN2O3S. The van der Waals surface area contributed by atoms with Gasteiger partial charge in [0.05, 0.1) is 22.9 Å². The Morgan fingerprint density at radius 1 is 1.15 bits per heavy atom. The lowest BCUT2D eigenvalue weighted by Crippen LogP contribution is -2.50. The van der Waals surface area contributed by atoms with Gasteiger partial charge in [-0.3, -0.25) is 9.80 Å². The molecule has 2 aliphatic heterocycles. The van der Waals surface area contributed by atoms with Crippen molar-refractivity contribution in [3.63, 3.8) is 0 Å². The van der Waals surface area contributed by atoms with E-state index in [1.807, 2.05) is 0 Å². The molecule has 0 amide bonds. The number of benzene rings is 1. The molecule has 2 fully saturated rings. The number of halogens is 1. The van der Waals surface area contributed by atoms with E-state index in [1.54, 1.807) is 0 Å². The summed E-state index contributed by atoms with van der Waals surface area (Å²) in [5.41, 5.74) is 0. The summed E-state index contributed by atoms with van der Waals surface area (Å²) in [5.74, 6) is -0.311. The SMILES string of the molecule is CC1CN(CC2CCCN2CCCS(=O)(=O)c2ccc(F)cc2)CC(C)O1. The maximum Gasteiger partial charge on any atom is 0.178 e. The number of hydrogen-bond acceptors (Lipinski definition) is 5. The van der Waals surface area contributed by atoms with Crippen LogP contribution in [-0.2, 0) is 14.6 Å². The zero-order chi connectivity index (χ0) is 19.4. The molecule has 0 spiro atoms. The molecule has 0 saturated carbocycles. The summed E-state index contributed by atoms with van der Waals surface area (Å²) < 4.78 is 43.7. The zero-order valence-corrected chi connectivity index (χ0v) is 17.1. The van der Waals surface area contributed by atoms with Crippen molar-refractivity contribution >= 4 is 9.84 Å². The van der Waals surface area contributed by atoms with Crippen LogP contribution in [0.5, 0.6) is 0 Å². The molecule has 2 saturated heterocycles. The van der Waals surface area contributed by atoms with Crippen molar-refractivity contribution < 1.29 is 17.5 Å². The van der Waals surface area contributed by atoms with Crippen molar-refractivity contribution in [2.45, 2.75) is 56.3 Å². The van der Waals surface area contributed by atoms with Crippen LogP contribution < -0.4 is 0 Å². The van der Waals surface area contributed by atoms with E-state index in [9.17, 15) is 12.8 Å². The molecular weight excluding hydrogens is 367 g/mol. The Bertz CT molecular complexity index is 700. The summed E-state index contributed by atoms with van der Waals surface area (Å²) in [5, 5.41) is 0. The van der Waals surface area contributed by atoms with Crippen molar-refractivity contribution in [3.8, 4) is 0 Å². The van der Waals surface area contributed by atoms with Crippen molar-refractivity contribution in [2.75, 3.05) is 38.5 Å². The van der Waals surface area contributed by atoms with Gasteiger partial charge in [-0.05, 0) is 70.5 Å². The Hall–Kier alpha value is -1.02. The standard InChI is InChI=1S/C20H31FN2O3S/c1-16-13-22(14-17(2)26-16)15-19-5-3-10-23(19)11-4-12-27(24,25)20-8-6-18(21)7-9-20/h6-9,16-17,19H,3-5,10-15H2,1-2H3. The van der Waals surface area contributed by atoms with Gasteiger partial charge in [0, 0.05) is 25.7 Å². The molecule has 1 aromatic rings. The summed E-state index contributed by atoms with van der Waals surface area (Å²) in [4.78, 5) is 5.13. The van der Waals surface area contributed by atoms with Crippen LogP contribution in [0.3, 0.4) is 0 Å². The highest BCUT2D eigenvalue weighted by atomic mass is 32.2. The quantitative estimate of drug-likeness (QED) is 0.661. The Morgan fingerprint density at radius 2 is 1.81 bits per heavy atom. The minimum atomic E-state index is -3.35. The molecule has 0 N–H and O–H groups in total. The largest absolute Gasteiger partial charge is 0.373 e. The molecule has 3 unspecified atom stereocenters. The minimum absolute atomic E-state index is 0.105. The highest BCUT2D eigenvalue weighted by Gasteiger charge is 2.29. The number of nitrogens with zero attached hydrogens (tertiary/aromatic N) is 2. The number of ether oxygens (including phenoxy) is 1. The van der Waals surface area contributed by atoms with E-state index in [-0.39, 0.29) is 22.9 Å². The second-order valence-corrected chi connectivity index (χ2v) is 10.0. The average molecular weight is 399 g/mol. The van der Waals surface area contributed by atoms with Crippen LogP contribution in [-0.4, -0.2) is 74.9 Å². The van der Waals surface area contributed by atoms with Gasteiger partial charge in [0.15, 0.2) is 9.84 Å². The maximum absolute atomic E-state index is 13.0. The molecule has 2 heterocycles. The van der Waals surface area contributed by atoms with Crippen LogP contribution in [0.4, 0.5) is 4.39 Å². The summed E-state index contributed by atoms with van der Waals surface area (Å²) in [6.45, 7) is 9.03. The highest BCUT2D eigenvalue weighted by Crippen LogP contribution is 2.21. The first-order chi connectivity index (χ1) is 12.8. The van der Waals surface area contributed by atoms with Gasteiger partial charge in [0.25, 0.3) is 0 Å². The van der Waals surface area contributed by atoms with Crippen molar-refractivity contribution in [1.82, 2.24) is 9.80 Å². The third-order valence-corrected chi connectivity index (χ3v) is 7.31. The van der Waals surface area contributed by atoms with Crippen LogP contribution >= 0.6 is 0 Å². The first-order valence-corrected chi connectivity index (χ1v) is 11.6. The maximum atomic E-state index is 13.0. The first-order valence-electron chi connectivity index (χ1n) is 9.93. The van der Waals surface area contributed by atoms with Crippen LogP contribution in [0.2, 0.25) is 0 Å². The molecule has 27 heavy (non-hydrogen) atoms. The molecule has 7 heteroatoms. The van der Waals surface area contributed by atoms with E-state index >= 15 is 0 Å². The number of hydrogen-bond donors (Lipinski definition) is 0. The molecule has 3 rings (SSSR count). The third kappa shape index (κ3) is 5.73. The second-order valence-electron chi connectivity index (χ2n) is 7.93. The predicted octanol–water partition coefficient (Wildman–Crippen LogP) is 2.56. The molecule has 0 bridgehead atoms. The molecule has 0 radical (unpaired) electrons. The highest BCUT2D eigenvalue weighted by molar-refractivity contribution is 7.91. The van der Waals surface area contributed by atoms with Gasteiger partial charge in [-0.15, -0.1) is 0 Å². The lowest BCUT2D eigenvalue weighted by molar-refractivity contribution is -0.0722. The van der Waals surface area contributed by atoms with Gasteiger partial charge in [0.2, 0.25) is 0 Å². The van der Waals surface area contributed by atoms with E-state index < -0.39 is 15.7 Å². The topological polar surface area (TPSA) is 49.9 Å². The Kier molecular flexibility index (Phi) is 6.89. The normalized spacial score (nSPS) is 27.9. The monoisotopic (exact) mass is 398 g/mol. The summed E-state index contributed by atoms with van der Waals surface area (Å²) in [7, 11) is -3.35. The van der Waals surface area contributed by atoms with Gasteiger partial charge >= 0.3 is 0 Å². The molecule has 0 aliphatic carbocycles. The predicted molar refractivity (Wildman–Crippen MR) is 104 cm³/mol. The summed E-state index contributed by atoms with van der Waals surface area (Å²) in [6.07, 6.45) is 3.48. The number of sulfone groups is 1. The van der Waals surface area contributed by atoms with Crippen LogP contribution in [0.25, 0.3) is 0 Å². The van der Waals surface area contributed by atoms with Crippen molar-refractivity contribution in [2.24, 2.45) is 0 Å². The number of likely N-dealkylation sites (tertiary alicyclic amines) is 1. The third-order valence-electron chi connectivity index (χ3n) is 5.49. The Labute approximate surface area is 162 Å². The van der Waals surface area contributed by atoms with E-state index in [4.69, 9.17) is 4.74 Å². The van der Waals surface area contributed by atoms with Crippen LogP contribution in [0.1, 0.15) is 33.1 Å². The van der Waals surface area contributed by atoms with E-state index in [1.165, 1.54) is 37.1 Å². The van der Waals surface area contributed by atoms with E-state index in [0.717, 1.165) is 32.7 Å². The number of rotatable bonds is 7. The summed E-state index contributed by atoms with van der Waals surface area (Å²) in [6, 6.07) is 5.60. The zero-order valence-electron chi connectivity index (χ0n) is 16.3. The van der Waals surface area contributed by atoms with Crippen molar-refractivity contribution in [3.05, 3.63) is 30.1 Å². The lowest BCUT2D eigenvalue weighted by atomic mass is 10.1. The smallest absolute Gasteiger partial charge is 0.178 e.